The Hall–Kier alpha value is -4.07. The fourth-order valence-electron chi connectivity index (χ4n) is 3.55. The second-order valence-corrected chi connectivity index (χ2v) is 7.63. The summed E-state index contributed by atoms with van der Waals surface area (Å²) in [5, 5.41) is 7.20. The summed E-state index contributed by atoms with van der Waals surface area (Å²) in [6, 6.07) is 18.8. The van der Waals surface area contributed by atoms with Crippen molar-refractivity contribution >= 4 is 23.3 Å². The lowest BCUT2D eigenvalue weighted by molar-refractivity contribution is -0.114. The molecule has 1 atom stereocenters. The molecule has 2 aromatic carbocycles. The average molecular weight is 428 g/mol. The van der Waals surface area contributed by atoms with Crippen molar-refractivity contribution in [2.45, 2.75) is 33.4 Å². The van der Waals surface area contributed by atoms with E-state index in [2.05, 4.69) is 20.4 Å². The summed E-state index contributed by atoms with van der Waals surface area (Å²) in [7, 11) is 0. The van der Waals surface area contributed by atoms with Gasteiger partial charge in [-0.15, -0.1) is 5.10 Å². The van der Waals surface area contributed by atoms with E-state index < -0.39 is 0 Å². The minimum Gasteiger partial charge on any atom is -0.326 e. The highest BCUT2D eigenvalue weighted by Crippen LogP contribution is 2.26. The number of amides is 2. The molecule has 0 bridgehead atoms. The van der Waals surface area contributed by atoms with Crippen molar-refractivity contribution in [3.63, 3.8) is 0 Å². The Kier molecular flexibility index (Phi) is 5.93. The molecule has 2 aromatic heterocycles. The van der Waals surface area contributed by atoms with Gasteiger partial charge in [-0.1, -0.05) is 42.5 Å². The number of anilines is 1. The monoisotopic (exact) mass is 428 g/mol. The molecule has 0 spiro atoms. The van der Waals surface area contributed by atoms with E-state index in [9.17, 15) is 9.59 Å². The van der Waals surface area contributed by atoms with Crippen LogP contribution in [0.4, 0.5) is 5.69 Å². The number of nitrogens with zero attached hydrogens (tertiary/aromatic N) is 5. The highest BCUT2D eigenvalue weighted by atomic mass is 16.2. The third-order valence-corrected chi connectivity index (χ3v) is 5.23. The Bertz CT molecular complexity index is 1270. The van der Waals surface area contributed by atoms with Crippen molar-refractivity contribution in [3.05, 3.63) is 89.5 Å². The Morgan fingerprint density at radius 3 is 2.59 bits per heavy atom. The van der Waals surface area contributed by atoms with Gasteiger partial charge in [-0.3, -0.25) is 9.59 Å². The summed E-state index contributed by atoms with van der Waals surface area (Å²) >= 11 is 0. The number of rotatable bonds is 6. The number of aryl methyl sites for hydroxylation is 1. The molecule has 0 fully saturated rings. The molecule has 32 heavy (non-hydrogen) atoms. The summed E-state index contributed by atoms with van der Waals surface area (Å²) in [6.45, 7) is 5.68. The van der Waals surface area contributed by atoms with Crippen LogP contribution in [0.2, 0.25) is 0 Å². The standard InChI is InChI=1S/C24H24N6O2/c1-16-12-13-25-24-27-22(28-30(16)24)23(32)29(15-19-8-5-4-6-9-19)17(2)20-10-7-11-21(14-20)26-18(3)31/h4-14,17H,15H2,1-3H3,(H,26,31)/t17-/m1/s1. The maximum absolute atomic E-state index is 13.6. The van der Waals surface area contributed by atoms with Gasteiger partial charge in [0.1, 0.15) is 0 Å². The van der Waals surface area contributed by atoms with Crippen molar-refractivity contribution in [3.8, 4) is 0 Å². The molecule has 1 N–H and O–H groups in total. The smallest absolute Gasteiger partial charge is 0.294 e. The fraction of sp³-hybridized carbons (Fsp3) is 0.208. The Morgan fingerprint density at radius 1 is 1.09 bits per heavy atom. The SMILES string of the molecule is CC(=O)Nc1cccc([C@@H](C)N(Cc2ccccc2)C(=O)c2nc3nccc(C)n3n2)c1. The van der Waals surface area contributed by atoms with Crippen LogP contribution in [-0.2, 0) is 11.3 Å². The van der Waals surface area contributed by atoms with E-state index in [0.717, 1.165) is 16.8 Å². The van der Waals surface area contributed by atoms with Gasteiger partial charge < -0.3 is 10.2 Å². The Balaban J connectivity index is 1.71. The van der Waals surface area contributed by atoms with Gasteiger partial charge >= 0.3 is 0 Å². The van der Waals surface area contributed by atoms with E-state index in [-0.39, 0.29) is 23.7 Å². The lowest BCUT2D eigenvalue weighted by Crippen LogP contribution is -2.34. The highest BCUT2D eigenvalue weighted by molar-refractivity contribution is 5.91. The quantitative estimate of drug-likeness (QED) is 0.504. The lowest BCUT2D eigenvalue weighted by atomic mass is 10.0. The first-order valence-corrected chi connectivity index (χ1v) is 10.3. The van der Waals surface area contributed by atoms with Gasteiger partial charge in [0.25, 0.3) is 11.7 Å². The topological polar surface area (TPSA) is 92.5 Å². The predicted molar refractivity (Wildman–Crippen MR) is 121 cm³/mol. The lowest BCUT2D eigenvalue weighted by Gasteiger charge is -2.29. The minimum atomic E-state index is -0.295. The molecule has 0 saturated carbocycles. The first-order valence-electron chi connectivity index (χ1n) is 10.3. The average Bonchev–Trinajstić information content (AvgIpc) is 3.23. The Labute approximate surface area is 185 Å². The van der Waals surface area contributed by atoms with Crippen LogP contribution in [0.25, 0.3) is 5.78 Å². The van der Waals surface area contributed by atoms with Crippen molar-refractivity contribution in [1.82, 2.24) is 24.5 Å². The van der Waals surface area contributed by atoms with Crippen LogP contribution in [0.15, 0.2) is 66.9 Å². The van der Waals surface area contributed by atoms with Crippen LogP contribution < -0.4 is 5.32 Å². The van der Waals surface area contributed by atoms with Gasteiger partial charge in [0.2, 0.25) is 11.7 Å². The van der Waals surface area contributed by atoms with E-state index >= 15 is 0 Å². The second kappa shape index (κ2) is 8.97. The molecule has 4 rings (SSSR count). The molecule has 162 valence electrons. The van der Waals surface area contributed by atoms with Crippen molar-refractivity contribution in [2.75, 3.05) is 5.32 Å². The van der Waals surface area contributed by atoms with Gasteiger partial charge in [-0.05, 0) is 43.2 Å². The summed E-state index contributed by atoms with van der Waals surface area (Å²) < 4.78 is 1.57. The van der Waals surface area contributed by atoms with Gasteiger partial charge in [-0.25, -0.2) is 9.50 Å². The number of aromatic nitrogens is 4. The highest BCUT2D eigenvalue weighted by Gasteiger charge is 2.27. The van der Waals surface area contributed by atoms with E-state index in [1.54, 1.807) is 15.6 Å². The van der Waals surface area contributed by atoms with Gasteiger partial charge in [0, 0.05) is 31.0 Å². The molecule has 8 nitrogen and oxygen atoms in total. The second-order valence-electron chi connectivity index (χ2n) is 7.63. The zero-order valence-corrected chi connectivity index (χ0v) is 18.2. The molecule has 2 heterocycles. The van der Waals surface area contributed by atoms with Crippen LogP contribution in [-0.4, -0.2) is 36.3 Å². The van der Waals surface area contributed by atoms with Crippen LogP contribution in [0, 0.1) is 6.92 Å². The summed E-state index contributed by atoms with van der Waals surface area (Å²) in [5.74, 6) is 0.0286. The molecule has 0 aliphatic carbocycles. The van der Waals surface area contributed by atoms with E-state index in [0.29, 0.717) is 18.0 Å². The Morgan fingerprint density at radius 2 is 1.88 bits per heavy atom. The molecule has 0 aliphatic rings. The molecule has 0 aliphatic heterocycles. The summed E-state index contributed by atoms with van der Waals surface area (Å²) in [5.41, 5.74) is 3.40. The van der Waals surface area contributed by atoms with Crippen molar-refractivity contribution in [1.29, 1.82) is 0 Å². The number of carbonyl (C=O) groups is 2. The number of nitrogens with one attached hydrogen (secondary N) is 1. The fourth-order valence-corrected chi connectivity index (χ4v) is 3.55. The van der Waals surface area contributed by atoms with Crippen LogP contribution in [0.5, 0.6) is 0 Å². The van der Waals surface area contributed by atoms with Crippen molar-refractivity contribution in [2.24, 2.45) is 0 Å². The summed E-state index contributed by atoms with van der Waals surface area (Å²) in [4.78, 5) is 35.4. The number of carbonyl (C=O) groups excluding carboxylic acids is 2. The molecule has 4 aromatic rings. The number of benzene rings is 2. The molecular weight excluding hydrogens is 404 g/mol. The van der Waals surface area contributed by atoms with Crippen LogP contribution in [0.1, 0.15) is 47.3 Å². The van der Waals surface area contributed by atoms with Gasteiger partial charge in [0.15, 0.2) is 0 Å². The van der Waals surface area contributed by atoms with Crippen LogP contribution >= 0.6 is 0 Å². The molecule has 0 radical (unpaired) electrons. The zero-order valence-electron chi connectivity index (χ0n) is 18.2. The third-order valence-electron chi connectivity index (χ3n) is 5.23. The number of hydrogen-bond donors (Lipinski definition) is 1. The van der Waals surface area contributed by atoms with Gasteiger partial charge in [0.05, 0.1) is 6.04 Å². The summed E-state index contributed by atoms with van der Waals surface area (Å²) in [6.07, 6.45) is 1.64. The van der Waals surface area contributed by atoms with Crippen LogP contribution in [0.3, 0.4) is 0 Å². The zero-order chi connectivity index (χ0) is 22.7. The molecule has 2 amide bonds. The number of hydrogen-bond acceptors (Lipinski definition) is 5. The molecule has 8 heteroatoms. The maximum Gasteiger partial charge on any atom is 0.294 e. The number of fused-ring (bicyclic) bond motifs is 1. The predicted octanol–water partition coefficient (Wildman–Crippen LogP) is 3.79. The maximum atomic E-state index is 13.6. The van der Waals surface area contributed by atoms with E-state index in [1.165, 1.54) is 6.92 Å². The molecule has 0 saturated heterocycles. The first kappa shape index (κ1) is 21.2. The van der Waals surface area contributed by atoms with Gasteiger partial charge in [-0.2, -0.15) is 4.98 Å². The first-order chi connectivity index (χ1) is 15.4. The van der Waals surface area contributed by atoms with Crippen molar-refractivity contribution < 1.29 is 9.59 Å². The normalized spacial score (nSPS) is 11.8. The van der Waals surface area contributed by atoms with E-state index in [1.807, 2.05) is 74.5 Å². The molecular formula is C24H24N6O2. The largest absolute Gasteiger partial charge is 0.326 e. The molecule has 0 unspecified atom stereocenters. The minimum absolute atomic E-state index is 0.0904. The third kappa shape index (κ3) is 4.49. The van der Waals surface area contributed by atoms with E-state index in [4.69, 9.17) is 0 Å².